The third kappa shape index (κ3) is 3.41. The third-order valence-electron chi connectivity index (χ3n) is 3.72. The highest BCUT2D eigenvalue weighted by Crippen LogP contribution is 2.39. The number of rotatable bonds is 5. The quantitative estimate of drug-likeness (QED) is 0.684. The Hall–Kier alpha value is -2.30. The Morgan fingerprint density at radius 1 is 1.20 bits per heavy atom. The average Bonchev–Trinajstić information content (AvgIpc) is 2.90. The molecule has 0 spiro atoms. The van der Waals surface area contributed by atoms with E-state index in [2.05, 4.69) is 4.98 Å². The van der Waals surface area contributed by atoms with Crippen molar-refractivity contribution in [3.05, 3.63) is 59.3 Å². The second kappa shape index (κ2) is 6.90. The summed E-state index contributed by atoms with van der Waals surface area (Å²) in [6.45, 7) is 4.03. The van der Waals surface area contributed by atoms with Crippen molar-refractivity contribution in [2.24, 2.45) is 5.73 Å². The molecule has 0 radical (unpaired) electrons. The summed E-state index contributed by atoms with van der Waals surface area (Å²) in [4.78, 5) is 15.0. The minimum absolute atomic E-state index is 0.199. The van der Waals surface area contributed by atoms with Crippen LogP contribution >= 0.6 is 8.15 Å². The SMILES string of the molecule is CCOP(c1cc(F)cc(F)c1)c1c(C(N)=O)[nH]c2ccc(C)cc12. The van der Waals surface area contributed by atoms with Crippen molar-refractivity contribution in [3.63, 3.8) is 0 Å². The molecule has 0 saturated carbocycles. The third-order valence-corrected chi connectivity index (χ3v) is 5.83. The van der Waals surface area contributed by atoms with Crippen LogP contribution in [-0.2, 0) is 4.52 Å². The van der Waals surface area contributed by atoms with Crippen LogP contribution in [-0.4, -0.2) is 17.5 Å². The number of fused-ring (bicyclic) bond motifs is 1. The van der Waals surface area contributed by atoms with Crippen LogP contribution in [0.3, 0.4) is 0 Å². The highest BCUT2D eigenvalue weighted by Gasteiger charge is 2.26. The lowest BCUT2D eigenvalue weighted by Crippen LogP contribution is -2.24. The number of halogens is 2. The van der Waals surface area contributed by atoms with Gasteiger partial charge in [-0.25, -0.2) is 8.78 Å². The number of aromatic nitrogens is 1. The molecule has 7 heteroatoms. The maximum Gasteiger partial charge on any atom is 0.265 e. The second-order valence-electron chi connectivity index (χ2n) is 5.60. The molecule has 2 aromatic carbocycles. The number of benzene rings is 2. The predicted molar refractivity (Wildman–Crippen MR) is 95.7 cm³/mol. The number of aryl methyl sites for hydroxylation is 1. The molecule has 1 atom stereocenters. The normalized spacial score (nSPS) is 12.5. The maximum atomic E-state index is 13.7. The molecule has 1 unspecified atom stereocenters. The van der Waals surface area contributed by atoms with Crippen molar-refractivity contribution >= 4 is 35.6 Å². The molecular weight excluding hydrogens is 345 g/mol. The minimum Gasteiger partial charge on any atom is -0.364 e. The van der Waals surface area contributed by atoms with E-state index in [-0.39, 0.29) is 5.69 Å². The van der Waals surface area contributed by atoms with Crippen LogP contribution in [0, 0.1) is 18.6 Å². The molecule has 0 aliphatic heterocycles. The Balaban J connectivity index is 2.30. The second-order valence-corrected chi connectivity index (χ2v) is 7.41. The fourth-order valence-electron chi connectivity index (χ4n) is 2.73. The van der Waals surface area contributed by atoms with Crippen LogP contribution in [0.1, 0.15) is 23.0 Å². The molecule has 1 amide bonds. The van der Waals surface area contributed by atoms with Crippen molar-refractivity contribution < 1.29 is 18.1 Å². The molecule has 1 heterocycles. The molecule has 0 saturated heterocycles. The number of primary amides is 1. The molecule has 0 aliphatic carbocycles. The highest BCUT2D eigenvalue weighted by atomic mass is 31.1. The zero-order chi connectivity index (χ0) is 18.1. The monoisotopic (exact) mass is 362 g/mol. The van der Waals surface area contributed by atoms with Crippen molar-refractivity contribution in [3.8, 4) is 0 Å². The molecule has 3 rings (SSSR count). The van der Waals surface area contributed by atoms with E-state index in [4.69, 9.17) is 10.3 Å². The smallest absolute Gasteiger partial charge is 0.265 e. The van der Waals surface area contributed by atoms with Crippen LogP contribution in [0.15, 0.2) is 36.4 Å². The van der Waals surface area contributed by atoms with Crippen molar-refractivity contribution in [1.82, 2.24) is 4.98 Å². The lowest BCUT2D eigenvalue weighted by Gasteiger charge is -2.18. The molecule has 3 aromatic rings. The Labute approximate surface area is 144 Å². The first kappa shape index (κ1) is 17.5. The number of nitrogens with two attached hydrogens (primary N) is 1. The lowest BCUT2D eigenvalue weighted by atomic mass is 10.2. The van der Waals surface area contributed by atoms with E-state index in [9.17, 15) is 13.6 Å². The summed E-state index contributed by atoms with van der Waals surface area (Å²) in [5.41, 5.74) is 7.43. The van der Waals surface area contributed by atoms with E-state index >= 15 is 0 Å². The van der Waals surface area contributed by atoms with E-state index in [0.29, 0.717) is 17.2 Å². The maximum absolute atomic E-state index is 13.7. The first-order valence-electron chi connectivity index (χ1n) is 7.72. The van der Waals surface area contributed by atoms with E-state index in [1.807, 2.05) is 25.1 Å². The summed E-state index contributed by atoms with van der Waals surface area (Å²) in [6, 6.07) is 8.90. The molecule has 3 N–H and O–H groups in total. The van der Waals surface area contributed by atoms with Gasteiger partial charge in [-0.1, -0.05) is 11.6 Å². The standard InChI is InChI=1S/C18H17F2N2O2P/c1-3-24-25(13-8-11(19)7-12(20)9-13)17-14-6-10(2)4-5-15(14)22-16(17)18(21)23/h4-9,22H,3H2,1-2H3,(H2,21,23). The lowest BCUT2D eigenvalue weighted by molar-refractivity contribution is 0.0997. The molecule has 25 heavy (non-hydrogen) atoms. The predicted octanol–water partition coefficient (Wildman–Crippen LogP) is 3.24. The molecule has 0 bridgehead atoms. The number of amides is 1. The topological polar surface area (TPSA) is 68.1 Å². The zero-order valence-electron chi connectivity index (χ0n) is 13.8. The molecule has 0 aliphatic rings. The van der Waals surface area contributed by atoms with Gasteiger partial charge in [-0.15, -0.1) is 0 Å². The number of carbonyl (C=O) groups is 1. The molecular formula is C18H17F2N2O2P. The summed E-state index contributed by atoms with van der Waals surface area (Å²) >= 11 is 0. The zero-order valence-corrected chi connectivity index (χ0v) is 14.7. The molecule has 1 aromatic heterocycles. The van der Waals surface area contributed by atoms with Crippen molar-refractivity contribution in [2.45, 2.75) is 13.8 Å². The van der Waals surface area contributed by atoms with Gasteiger partial charge in [0.2, 0.25) is 0 Å². The van der Waals surface area contributed by atoms with Gasteiger partial charge in [0.25, 0.3) is 5.91 Å². The molecule has 4 nitrogen and oxygen atoms in total. The van der Waals surface area contributed by atoms with Crippen LogP contribution in [0.25, 0.3) is 10.9 Å². The van der Waals surface area contributed by atoms with Gasteiger partial charge in [-0.2, -0.15) is 0 Å². The Kier molecular flexibility index (Phi) is 4.84. The van der Waals surface area contributed by atoms with Crippen molar-refractivity contribution in [2.75, 3.05) is 6.61 Å². The minimum atomic E-state index is -1.62. The van der Waals surface area contributed by atoms with Crippen LogP contribution in [0.4, 0.5) is 8.78 Å². The van der Waals surface area contributed by atoms with Crippen LogP contribution in [0.5, 0.6) is 0 Å². The van der Waals surface area contributed by atoms with Gasteiger partial charge in [0.1, 0.15) is 17.3 Å². The number of hydrogen-bond donors (Lipinski definition) is 2. The van der Waals surface area contributed by atoms with E-state index in [0.717, 1.165) is 22.5 Å². The molecule has 130 valence electrons. The fraction of sp³-hybridized carbons (Fsp3) is 0.167. The first-order chi connectivity index (χ1) is 11.9. The van der Waals surface area contributed by atoms with Gasteiger partial charge >= 0.3 is 0 Å². The Bertz CT molecular complexity index is 935. The summed E-state index contributed by atoms with van der Waals surface area (Å²) < 4.78 is 33.3. The molecule has 0 fully saturated rings. The van der Waals surface area contributed by atoms with Crippen LogP contribution in [0.2, 0.25) is 0 Å². The van der Waals surface area contributed by atoms with Gasteiger partial charge in [-0.05, 0) is 38.1 Å². The van der Waals surface area contributed by atoms with Gasteiger partial charge in [0.05, 0.1) is 8.15 Å². The Morgan fingerprint density at radius 3 is 2.48 bits per heavy atom. The fourth-order valence-corrected chi connectivity index (χ4v) is 4.78. The number of H-pyrrole nitrogens is 1. The number of carbonyl (C=O) groups excluding carboxylic acids is 1. The van der Waals surface area contributed by atoms with E-state index in [1.165, 1.54) is 12.1 Å². The van der Waals surface area contributed by atoms with E-state index in [1.54, 1.807) is 6.92 Å². The first-order valence-corrected chi connectivity index (χ1v) is 8.98. The highest BCUT2D eigenvalue weighted by molar-refractivity contribution is 7.69. The largest absolute Gasteiger partial charge is 0.364 e. The van der Waals surface area contributed by atoms with E-state index < -0.39 is 25.7 Å². The van der Waals surface area contributed by atoms with Gasteiger partial charge in [0, 0.05) is 34.2 Å². The van der Waals surface area contributed by atoms with Crippen molar-refractivity contribution in [1.29, 1.82) is 0 Å². The summed E-state index contributed by atoms with van der Waals surface area (Å²) in [6.07, 6.45) is 0. The average molecular weight is 362 g/mol. The summed E-state index contributed by atoms with van der Waals surface area (Å²) in [7, 11) is -1.62. The number of aromatic amines is 1. The number of hydrogen-bond acceptors (Lipinski definition) is 2. The number of nitrogens with one attached hydrogen (secondary N) is 1. The van der Waals surface area contributed by atoms with Crippen LogP contribution < -0.4 is 16.3 Å². The Morgan fingerprint density at radius 2 is 1.88 bits per heavy atom. The van der Waals surface area contributed by atoms with Gasteiger partial charge in [-0.3, -0.25) is 4.79 Å². The summed E-state index contributed by atoms with van der Waals surface area (Å²) in [5, 5.41) is 1.66. The van der Waals surface area contributed by atoms with Gasteiger partial charge < -0.3 is 15.2 Å². The summed E-state index contributed by atoms with van der Waals surface area (Å²) in [5.74, 6) is -2.04. The van der Waals surface area contributed by atoms with Gasteiger partial charge in [0.15, 0.2) is 0 Å².